The summed E-state index contributed by atoms with van der Waals surface area (Å²) in [4.78, 5) is 72.2. The van der Waals surface area contributed by atoms with Crippen molar-refractivity contribution >= 4 is 35.8 Å². The fraction of sp³-hybridized carbons (Fsp3) is 0.429. The molecule has 0 heterocycles. The number of esters is 6. The number of benzene rings is 9. The van der Waals surface area contributed by atoms with E-state index in [2.05, 4.69) is 245 Å². The van der Waals surface area contributed by atoms with Crippen molar-refractivity contribution in [2.24, 2.45) is 17.8 Å². The molecule has 9 aromatic rings. The van der Waals surface area contributed by atoms with E-state index in [-0.39, 0.29) is 97.0 Å². The van der Waals surface area contributed by atoms with Gasteiger partial charge in [-0.3, -0.25) is 0 Å². The summed E-state index contributed by atoms with van der Waals surface area (Å²) in [5, 5.41) is 57.7. The molecule has 21 nitrogen and oxygen atoms in total. The predicted molar refractivity (Wildman–Crippen MR) is 590 cm³/mol. The van der Waals surface area contributed by atoms with Crippen LogP contribution < -0.4 is 14.2 Å². The molecule has 21 heteroatoms. The molecule has 0 aliphatic heterocycles. The number of unbranched alkanes of at least 4 members (excludes halogenated alkanes) is 1. The minimum absolute atomic E-state index is 0.126. The second-order valence-corrected chi connectivity index (χ2v) is 38.1. The summed E-state index contributed by atoms with van der Waals surface area (Å²) in [7, 11) is 0. The van der Waals surface area contributed by atoms with Crippen molar-refractivity contribution in [2.45, 2.75) is 237 Å². The zero-order valence-corrected chi connectivity index (χ0v) is 89.4. The third kappa shape index (κ3) is 40.2. The first-order chi connectivity index (χ1) is 70.8. The van der Waals surface area contributed by atoms with Crippen LogP contribution in [0.15, 0.2) is 237 Å². The second kappa shape index (κ2) is 65.9. The van der Waals surface area contributed by atoms with Crippen LogP contribution in [0.2, 0.25) is 0 Å². The maximum Gasteiger partial charge on any atom is 0.333 e. The molecular weight excluding hydrogens is 1850 g/mol. The Bertz CT molecular complexity index is 5600. The van der Waals surface area contributed by atoms with E-state index in [1.54, 1.807) is 41.5 Å². The zero-order valence-electron chi connectivity index (χ0n) is 89.4. The van der Waals surface area contributed by atoms with Crippen LogP contribution in [-0.2, 0) is 134 Å². The Morgan fingerprint density at radius 3 is 0.639 bits per heavy atom. The van der Waals surface area contributed by atoms with Gasteiger partial charge < -0.3 is 73.3 Å². The number of hydrogen-bond acceptors (Lipinski definition) is 21. The van der Waals surface area contributed by atoms with Crippen molar-refractivity contribution in [1.29, 1.82) is 0 Å². The molecule has 0 bridgehead atoms. The molecule has 6 N–H and O–H groups in total. The van der Waals surface area contributed by atoms with Gasteiger partial charge in [0.25, 0.3) is 0 Å². The van der Waals surface area contributed by atoms with Crippen LogP contribution in [-0.4, -0.2) is 166 Å². The number of aliphatic hydroxyl groups excluding tert-OH is 6. The van der Waals surface area contributed by atoms with Gasteiger partial charge in [0.05, 0.1) is 59.5 Å². The average molecular weight is 2010 g/mol. The summed E-state index contributed by atoms with van der Waals surface area (Å²) in [5.74, 6) is -1.11. The van der Waals surface area contributed by atoms with Gasteiger partial charge in [-0.05, 0) is 353 Å². The average Bonchev–Trinajstić information content (AvgIpc) is 0.793. The molecule has 0 atom stereocenters. The van der Waals surface area contributed by atoms with Gasteiger partial charge in [0, 0.05) is 90.8 Å². The van der Waals surface area contributed by atoms with E-state index in [0.29, 0.717) is 150 Å². The Labute approximate surface area is 874 Å². The van der Waals surface area contributed by atoms with Gasteiger partial charge in [-0.1, -0.05) is 221 Å². The number of hydrogen-bond donors (Lipinski definition) is 6. The van der Waals surface area contributed by atoms with Crippen LogP contribution in [0.25, 0.3) is 66.8 Å². The number of carbonyl (C=O) groups is 6. The molecule has 147 heavy (non-hydrogen) atoms. The molecule has 0 spiro atoms. The first kappa shape index (κ1) is 121. The molecule has 9 rings (SSSR count). The predicted octanol–water partition coefficient (Wildman–Crippen LogP) is 24.0. The van der Waals surface area contributed by atoms with Crippen molar-refractivity contribution in [3.8, 4) is 84.0 Å². The third-order valence-electron chi connectivity index (χ3n) is 25.6. The molecule has 0 aliphatic carbocycles. The highest BCUT2D eigenvalue weighted by Crippen LogP contribution is 2.42. The largest absolute Gasteiger partial charge is 0.493 e. The van der Waals surface area contributed by atoms with Crippen LogP contribution >= 0.6 is 0 Å². The molecule has 0 aliphatic rings. The Morgan fingerprint density at radius 1 is 0.231 bits per heavy atom. The monoisotopic (exact) mass is 2010 g/mol. The third-order valence-corrected chi connectivity index (χ3v) is 25.6. The van der Waals surface area contributed by atoms with Gasteiger partial charge in [0.2, 0.25) is 0 Å². The first-order valence-corrected chi connectivity index (χ1v) is 52.5. The molecule has 0 saturated heterocycles. The summed E-state index contributed by atoms with van der Waals surface area (Å²) in [6.07, 6.45) is 17.7. The number of rotatable bonds is 63. The molecule has 0 radical (unpaired) electrons. The Hall–Kier alpha value is -12.6. The number of aryl methyl sites for hydroxylation is 12. The molecular formula is C126H162O21. The fourth-order valence-electron chi connectivity index (χ4n) is 16.8. The maximum atomic E-state index is 12.0. The molecule has 0 aromatic heterocycles. The van der Waals surface area contributed by atoms with Gasteiger partial charge in [0.15, 0.2) is 0 Å². The van der Waals surface area contributed by atoms with E-state index in [1.807, 2.05) is 0 Å². The van der Waals surface area contributed by atoms with E-state index in [1.165, 1.54) is 79.6 Å². The lowest BCUT2D eigenvalue weighted by Gasteiger charge is -2.21. The van der Waals surface area contributed by atoms with E-state index >= 15 is 0 Å². The fourth-order valence-corrected chi connectivity index (χ4v) is 16.8. The van der Waals surface area contributed by atoms with Crippen LogP contribution in [0, 0.1) is 17.8 Å². The summed E-state index contributed by atoms with van der Waals surface area (Å²) >= 11 is 0. The van der Waals surface area contributed by atoms with Crippen LogP contribution in [0.4, 0.5) is 0 Å². The van der Waals surface area contributed by atoms with Crippen molar-refractivity contribution in [3.05, 3.63) is 303 Å². The SMILES string of the molecule is C=C(C)C(=O)OCCCc1cc(-c2ccc(-c3ccc(CC)cc3)cc2CC)cc(CCCOC(=O)C(=C)C)c1OCCC(CO)CO.C=C(C)C(=O)OCCCc1cc(-c2ccc(-c3ccc(CCC)cc3)cc2CC)cc(CCCOC(=O)C(=C)C)c1OCCC(CO)CO.C=C(C)C(=O)OCCCc1cc(-c2ccc(-c3ccc(CCCC)cc3)cc2CC)cc(CCCOC(=O)C(=C)C)c1OCCC(CO)CO. The lowest BCUT2D eigenvalue weighted by atomic mass is 9.89. The van der Waals surface area contributed by atoms with E-state index in [0.717, 1.165) is 129 Å². The molecule has 9 aromatic carbocycles. The summed E-state index contributed by atoms with van der Waals surface area (Å²) in [6, 6.07) is 59.2. The Balaban J connectivity index is 0.000000299. The maximum absolute atomic E-state index is 12.0. The van der Waals surface area contributed by atoms with Crippen LogP contribution in [0.5, 0.6) is 17.2 Å². The minimum Gasteiger partial charge on any atom is -0.493 e. The van der Waals surface area contributed by atoms with E-state index in [9.17, 15) is 59.4 Å². The first-order valence-electron chi connectivity index (χ1n) is 52.5. The molecule has 792 valence electrons. The van der Waals surface area contributed by atoms with Crippen LogP contribution in [0.1, 0.15) is 227 Å². The minimum atomic E-state index is -0.415. The standard InChI is InChI=1S/C43H56O7.C42H54O7.C41H52O7/c1-7-9-12-32-15-17-35(18-16-32)36-19-20-40(34(8-2)25-36)39-26-37(13-10-22-49-42(46)30(3)4)41(48-24-21-33(28-44)29-45)38(27-39)14-11-23-50-43(47)31(5)6;1-7-11-31-14-16-34(17-15-31)35-18-19-39(33(8-2)24-35)38-25-36(12-9-21-48-41(45)29(3)4)40(47-23-20-32(27-43)28-44)37(26-38)13-10-22-49-42(46)30(5)6;1-7-30-13-15-33(16-14-30)34-17-18-38(32(8-2)23-34)37-24-35(11-9-20-47-40(44)28(3)4)39(46-22-19-31(26-42)27-43)36(25-37)12-10-21-48-41(45)29(5)6/h15-20,25-27,33,44-45H,3,5,7-14,21-24,28-29H2,1-2,4,6H3;14-19,24-26,32,43-44H,3,5,7-13,20-23,27-28H2,1-2,4,6H3;13-18,23-25,31,42-43H,3,5,7-12,19-22,26-27H2,1-2,4,6H3. The Morgan fingerprint density at radius 2 is 0.442 bits per heavy atom. The number of carbonyl (C=O) groups excluding carboxylic acids is 6. The summed E-state index contributed by atoms with van der Waals surface area (Å²) in [6.45, 7) is 46.4. The van der Waals surface area contributed by atoms with Crippen molar-refractivity contribution in [3.63, 3.8) is 0 Å². The smallest absolute Gasteiger partial charge is 0.333 e. The van der Waals surface area contributed by atoms with Crippen molar-refractivity contribution in [2.75, 3.05) is 99.1 Å². The van der Waals surface area contributed by atoms with Crippen molar-refractivity contribution < 1.29 is 102 Å². The molecule has 0 saturated carbocycles. The lowest BCUT2D eigenvalue weighted by Crippen LogP contribution is -2.16. The molecule has 0 amide bonds. The van der Waals surface area contributed by atoms with Gasteiger partial charge in [-0.2, -0.15) is 0 Å². The second-order valence-electron chi connectivity index (χ2n) is 38.1. The number of aliphatic hydroxyl groups is 6. The molecule has 0 unspecified atom stereocenters. The van der Waals surface area contributed by atoms with Gasteiger partial charge >= 0.3 is 35.8 Å². The number of ether oxygens (including phenoxy) is 9. The van der Waals surface area contributed by atoms with Gasteiger partial charge in [-0.15, -0.1) is 0 Å². The van der Waals surface area contributed by atoms with E-state index < -0.39 is 35.8 Å². The van der Waals surface area contributed by atoms with E-state index in [4.69, 9.17) is 42.6 Å². The molecule has 0 fully saturated rings. The normalized spacial score (nSPS) is 11.0. The highest BCUT2D eigenvalue weighted by Gasteiger charge is 2.25. The van der Waals surface area contributed by atoms with Gasteiger partial charge in [-0.25, -0.2) is 28.8 Å². The Kier molecular flexibility index (Phi) is 54.4. The lowest BCUT2D eigenvalue weighted by molar-refractivity contribution is -0.139. The highest BCUT2D eigenvalue weighted by atomic mass is 16.6. The topological polar surface area (TPSA) is 307 Å². The summed E-state index contributed by atoms with van der Waals surface area (Å²) in [5.41, 5.74) is 29.3. The van der Waals surface area contributed by atoms with Gasteiger partial charge in [0.1, 0.15) is 17.2 Å². The van der Waals surface area contributed by atoms with Crippen molar-refractivity contribution in [1.82, 2.24) is 0 Å². The zero-order chi connectivity index (χ0) is 107. The van der Waals surface area contributed by atoms with Crippen LogP contribution in [0.3, 0.4) is 0 Å². The quantitative estimate of drug-likeness (QED) is 0.00893. The highest BCUT2D eigenvalue weighted by molar-refractivity contribution is 5.90. The summed E-state index contributed by atoms with van der Waals surface area (Å²) < 4.78 is 51.6.